The van der Waals surface area contributed by atoms with Crippen LogP contribution in [0.4, 0.5) is 0 Å². The molecule has 6 heteroatoms. The van der Waals surface area contributed by atoms with Gasteiger partial charge in [-0.2, -0.15) is 5.10 Å². The molecule has 0 saturated carbocycles. The molecular formula is C16H24BrN3OSi. The van der Waals surface area contributed by atoms with Crippen LogP contribution in [0.2, 0.25) is 25.7 Å². The van der Waals surface area contributed by atoms with Gasteiger partial charge in [-0.1, -0.05) is 50.0 Å². The van der Waals surface area contributed by atoms with Crippen LogP contribution in [0.15, 0.2) is 41.0 Å². The quantitative estimate of drug-likeness (QED) is 0.582. The van der Waals surface area contributed by atoms with Crippen molar-refractivity contribution >= 4 is 24.0 Å². The maximum absolute atomic E-state index is 6.37. The Bertz CT molecular complexity index is 595. The minimum Gasteiger partial charge on any atom is -0.360 e. The van der Waals surface area contributed by atoms with Crippen molar-refractivity contribution in [2.24, 2.45) is 5.73 Å². The van der Waals surface area contributed by atoms with Gasteiger partial charge in [0.2, 0.25) is 0 Å². The van der Waals surface area contributed by atoms with Gasteiger partial charge in [0.25, 0.3) is 0 Å². The molecular weight excluding hydrogens is 358 g/mol. The molecule has 1 unspecified atom stereocenters. The molecule has 0 radical (unpaired) electrons. The zero-order valence-corrected chi connectivity index (χ0v) is 16.0. The maximum atomic E-state index is 6.37. The average molecular weight is 382 g/mol. The number of halogens is 1. The van der Waals surface area contributed by atoms with E-state index in [1.165, 1.54) is 0 Å². The normalized spacial score (nSPS) is 13.3. The largest absolute Gasteiger partial charge is 0.360 e. The lowest BCUT2D eigenvalue weighted by Crippen LogP contribution is -2.23. The standard InChI is InChI=1S/C16H24BrN3OSi/c1-22(2,3)10-9-21-12-20-14(11-15(17)19-20)16(18)13-7-5-4-6-8-13/h4-8,11,16H,9-10,12,18H2,1-3H3. The summed E-state index contributed by atoms with van der Waals surface area (Å²) in [4.78, 5) is 0. The molecule has 4 nitrogen and oxygen atoms in total. The van der Waals surface area contributed by atoms with Gasteiger partial charge < -0.3 is 10.5 Å². The first kappa shape index (κ1) is 17.4. The van der Waals surface area contributed by atoms with Crippen LogP contribution in [-0.2, 0) is 11.5 Å². The van der Waals surface area contributed by atoms with E-state index in [4.69, 9.17) is 10.5 Å². The number of hydrogen-bond acceptors (Lipinski definition) is 3. The van der Waals surface area contributed by atoms with Crippen molar-refractivity contribution in [2.75, 3.05) is 6.61 Å². The van der Waals surface area contributed by atoms with E-state index in [0.29, 0.717) is 6.73 Å². The smallest absolute Gasteiger partial charge is 0.139 e. The number of ether oxygens (including phenoxy) is 1. The second-order valence-electron chi connectivity index (χ2n) is 6.63. The number of aromatic nitrogens is 2. The Morgan fingerprint density at radius 1 is 1.27 bits per heavy atom. The Morgan fingerprint density at radius 3 is 2.59 bits per heavy atom. The number of hydrogen-bond donors (Lipinski definition) is 1. The molecule has 1 aromatic heterocycles. The van der Waals surface area contributed by atoms with Crippen molar-refractivity contribution in [2.45, 2.75) is 38.5 Å². The zero-order chi connectivity index (χ0) is 16.2. The van der Waals surface area contributed by atoms with Gasteiger partial charge in [0.15, 0.2) is 0 Å². The Hall–Kier alpha value is -0.953. The highest BCUT2D eigenvalue weighted by atomic mass is 79.9. The van der Waals surface area contributed by atoms with Gasteiger partial charge in [-0.05, 0) is 33.6 Å². The summed E-state index contributed by atoms with van der Waals surface area (Å²) in [5, 5.41) is 4.43. The van der Waals surface area contributed by atoms with Crippen LogP contribution in [0.3, 0.4) is 0 Å². The fourth-order valence-electron chi connectivity index (χ4n) is 2.11. The summed E-state index contributed by atoms with van der Waals surface area (Å²) in [6.45, 7) is 8.24. The summed E-state index contributed by atoms with van der Waals surface area (Å²) < 4.78 is 8.41. The molecule has 1 atom stereocenters. The minimum atomic E-state index is -1.07. The Labute approximate surface area is 141 Å². The lowest BCUT2D eigenvalue weighted by atomic mass is 10.1. The van der Waals surface area contributed by atoms with Crippen molar-refractivity contribution in [3.63, 3.8) is 0 Å². The van der Waals surface area contributed by atoms with Crippen molar-refractivity contribution in [3.8, 4) is 0 Å². The van der Waals surface area contributed by atoms with Gasteiger partial charge in [-0.15, -0.1) is 0 Å². The molecule has 0 spiro atoms. The summed E-state index contributed by atoms with van der Waals surface area (Å²) >= 11 is 3.43. The van der Waals surface area contributed by atoms with Gasteiger partial charge in [0.1, 0.15) is 11.3 Å². The third kappa shape index (κ3) is 5.05. The van der Waals surface area contributed by atoms with E-state index < -0.39 is 8.07 Å². The van der Waals surface area contributed by atoms with Gasteiger partial charge >= 0.3 is 0 Å². The lowest BCUT2D eigenvalue weighted by molar-refractivity contribution is 0.0758. The van der Waals surface area contributed by atoms with Crippen LogP contribution in [0.1, 0.15) is 17.3 Å². The highest BCUT2D eigenvalue weighted by molar-refractivity contribution is 9.10. The predicted molar refractivity (Wildman–Crippen MR) is 96.5 cm³/mol. The van der Waals surface area contributed by atoms with E-state index in [9.17, 15) is 0 Å². The number of benzene rings is 1. The Kier molecular flexibility index (Phi) is 5.97. The van der Waals surface area contributed by atoms with Crippen LogP contribution in [-0.4, -0.2) is 24.5 Å². The molecule has 0 aliphatic carbocycles. The van der Waals surface area contributed by atoms with Crippen molar-refractivity contribution in [3.05, 3.63) is 52.3 Å². The van der Waals surface area contributed by atoms with Gasteiger partial charge in [-0.3, -0.25) is 0 Å². The molecule has 2 N–H and O–H groups in total. The molecule has 120 valence electrons. The summed E-state index contributed by atoms with van der Waals surface area (Å²) in [6, 6.07) is 12.9. The first-order valence-corrected chi connectivity index (χ1v) is 12.0. The Morgan fingerprint density at radius 2 is 1.95 bits per heavy atom. The van der Waals surface area contributed by atoms with Crippen LogP contribution >= 0.6 is 15.9 Å². The summed E-state index contributed by atoms with van der Waals surface area (Å²) in [7, 11) is -1.07. The van der Waals surface area contributed by atoms with E-state index >= 15 is 0 Å². The third-order valence-electron chi connectivity index (χ3n) is 3.47. The van der Waals surface area contributed by atoms with Crippen LogP contribution in [0.25, 0.3) is 0 Å². The molecule has 0 bridgehead atoms. The topological polar surface area (TPSA) is 53.1 Å². The molecule has 2 rings (SSSR count). The number of rotatable bonds is 7. The fourth-order valence-corrected chi connectivity index (χ4v) is 3.30. The van der Waals surface area contributed by atoms with Gasteiger partial charge in [0, 0.05) is 14.7 Å². The SMILES string of the molecule is C[Si](C)(C)CCOCn1nc(Br)cc1C(N)c1ccccc1. The van der Waals surface area contributed by atoms with Gasteiger partial charge in [-0.25, -0.2) is 4.68 Å². The molecule has 0 saturated heterocycles. The Balaban J connectivity index is 2.04. The highest BCUT2D eigenvalue weighted by Gasteiger charge is 2.17. The molecule has 0 aliphatic heterocycles. The minimum absolute atomic E-state index is 0.208. The fraction of sp³-hybridized carbons (Fsp3) is 0.438. The van der Waals surface area contributed by atoms with Crippen molar-refractivity contribution in [1.29, 1.82) is 0 Å². The summed E-state index contributed by atoms with van der Waals surface area (Å²) in [6.07, 6.45) is 0. The van der Waals surface area contributed by atoms with Crippen molar-refractivity contribution in [1.82, 2.24) is 9.78 Å². The molecule has 1 aromatic carbocycles. The van der Waals surface area contributed by atoms with E-state index in [2.05, 4.69) is 40.7 Å². The van der Waals surface area contributed by atoms with E-state index in [1.54, 1.807) is 0 Å². The van der Waals surface area contributed by atoms with Crippen LogP contribution in [0.5, 0.6) is 0 Å². The summed E-state index contributed by atoms with van der Waals surface area (Å²) in [5.74, 6) is 0. The van der Waals surface area contributed by atoms with E-state index in [0.717, 1.165) is 28.5 Å². The molecule has 1 heterocycles. The first-order chi connectivity index (χ1) is 10.4. The molecule has 0 amide bonds. The second kappa shape index (κ2) is 7.54. The molecule has 22 heavy (non-hydrogen) atoms. The number of nitrogens with two attached hydrogens (primary N) is 1. The van der Waals surface area contributed by atoms with Gasteiger partial charge in [0.05, 0.1) is 11.7 Å². The first-order valence-electron chi connectivity index (χ1n) is 7.48. The van der Waals surface area contributed by atoms with E-state index in [-0.39, 0.29) is 6.04 Å². The molecule has 0 fully saturated rings. The van der Waals surface area contributed by atoms with E-state index in [1.807, 2.05) is 41.1 Å². The zero-order valence-electron chi connectivity index (χ0n) is 13.4. The second-order valence-corrected chi connectivity index (χ2v) is 13.1. The predicted octanol–water partition coefficient (Wildman–Crippen LogP) is 4.01. The molecule has 2 aromatic rings. The maximum Gasteiger partial charge on any atom is 0.139 e. The van der Waals surface area contributed by atoms with Crippen LogP contribution in [0, 0.1) is 0 Å². The monoisotopic (exact) mass is 381 g/mol. The van der Waals surface area contributed by atoms with Crippen molar-refractivity contribution < 1.29 is 4.74 Å². The average Bonchev–Trinajstić information content (AvgIpc) is 2.84. The highest BCUT2D eigenvalue weighted by Crippen LogP contribution is 2.22. The summed E-state index contributed by atoms with van der Waals surface area (Å²) in [5.41, 5.74) is 8.39. The lowest BCUT2D eigenvalue weighted by Gasteiger charge is -2.17. The third-order valence-corrected chi connectivity index (χ3v) is 5.56. The van der Waals surface area contributed by atoms with Crippen LogP contribution < -0.4 is 5.73 Å². The number of nitrogens with zero attached hydrogens (tertiary/aromatic N) is 2. The molecule has 0 aliphatic rings.